The number of nitrogens with zero attached hydrogens (tertiary/aromatic N) is 2. The lowest BCUT2D eigenvalue weighted by Crippen LogP contribution is -2.55. The Bertz CT molecular complexity index is 1190. The molecule has 0 radical (unpaired) electrons. The van der Waals surface area contributed by atoms with Crippen molar-refractivity contribution in [2.45, 2.75) is 49.8 Å². The first-order chi connectivity index (χ1) is 15.6. The van der Waals surface area contributed by atoms with E-state index in [-0.39, 0.29) is 6.04 Å². The smallest absolute Gasteiger partial charge is 0.198 e. The molecule has 0 aromatic heterocycles. The highest BCUT2D eigenvalue weighted by Crippen LogP contribution is 2.53. The van der Waals surface area contributed by atoms with E-state index in [4.69, 9.17) is 33.0 Å². The maximum absolute atomic E-state index is 6.76. The summed E-state index contributed by atoms with van der Waals surface area (Å²) < 4.78 is 6.76. The summed E-state index contributed by atoms with van der Waals surface area (Å²) >= 11 is 12.7. The van der Waals surface area contributed by atoms with Gasteiger partial charge in [0.05, 0.1) is 16.8 Å². The number of fused-ring (bicyclic) bond motifs is 4. The normalized spacial score (nSPS) is 26.3. The first kappa shape index (κ1) is 20.1. The Labute approximate surface area is 198 Å². The summed E-state index contributed by atoms with van der Waals surface area (Å²) in [6.45, 7) is 0. The second kappa shape index (κ2) is 7.83. The molecular weight excluding hydrogens is 439 g/mol. The summed E-state index contributed by atoms with van der Waals surface area (Å²) in [7, 11) is 0. The van der Waals surface area contributed by atoms with Crippen LogP contribution in [0.1, 0.15) is 60.8 Å². The van der Waals surface area contributed by atoms with Gasteiger partial charge in [-0.15, -0.1) is 0 Å². The minimum absolute atomic E-state index is 0.162. The number of rotatable bonds is 2. The van der Waals surface area contributed by atoms with Crippen LogP contribution in [0.3, 0.4) is 0 Å². The molecule has 0 saturated heterocycles. The molecule has 2 aliphatic heterocycles. The number of hydrazone groups is 1. The molecule has 3 aromatic carbocycles. The van der Waals surface area contributed by atoms with Crippen molar-refractivity contribution in [3.8, 4) is 5.75 Å². The summed E-state index contributed by atoms with van der Waals surface area (Å²) in [5.41, 5.74) is 4.17. The summed E-state index contributed by atoms with van der Waals surface area (Å²) in [6.07, 6.45) is 4.88. The van der Waals surface area contributed by atoms with Crippen LogP contribution in [0.2, 0.25) is 10.0 Å². The molecule has 1 spiro atoms. The molecule has 0 bridgehead atoms. The van der Waals surface area contributed by atoms with E-state index in [1.807, 2.05) is 12.1 Å². The third-order valence-electron chi connectivity index (χ3n) is 7.19. The zero-order valence-electron chi connectivity index (χ0n) is 17.7. The van der Waals surface area contributed by atoms with Crippen LogP contribution in [0.4, 0.5) is 0 Å². The molecule has 0 N–H and O–H groups in total. The van der Waals surface area contributed by atoms with E-state index in [0.717, 1.165) is 49.1 Å². The van der Waals surface area contributed by atoms with Crippen LogP contribution in [0, 0.1) is 0 Å². The number of hydrogen-bond acceptors (Lipinski definition) is 3. The number of ether oxygens (including phenoxy) is 1. The Morgan fingerprint density at radius 1 is 0.906 bits per heavy atom. The van der Waals surface area contributed by atoms with Crippen LogP contribution in [0.15, 0.2) is 77.9 Å². The van der Waals surface area contributed by atoms with Crippen molar-refractivity contribution in [3.05, 3.63) is 99.5 Å². The molecule has 32 heavy (non-hydrogen) atoms. The van der Waals surface area contributed by atoms with Gasteiger partial charge in [-0.2, -0.15) is 5.10 Å². The SMILES string of the molecule is Clc1ccc(C2=NN3[C@H](C2)c2ccccc2OC32CCC(c3ccccc3)CC2)c(Cl)c1. The van der Waals surface area contributed by atoms with Gasteiger partial charge in [-0.05, 0) is 42.5 Å². The van der Waals surface area contributed by atoms with Gasteiger partial charge in [0.25, 0.3) is 0 Å². The molecule has 6 rings (SSSR count). The Kier molecular flexibility index (Phi) is 4.93. The highest BCUT2D eigenvalue weighted by Gasteiger charge is 2.52. The average molecular weight is 463 g/mol. The van der Waals surface area contributed by atoms with Crippen LogP contribution in [0.25, 0.3) is 0 Å². The predicted octanol–water partition coefficient (Wildman–Crippen LogP) is 7.59. The summed E-state index contributed by atoms with van der Waals surface area (Å²) in [6, 6.07) is 25.1. The number of halogens is 2. The molecular formula is C27H24Cl2N2O. The van der Waals surface area contributed by atoms with E-state index in [0.29, 0.717) is 16.0 Å². The van der Waals surface area contributed by atoms with E-state index in [1.54, 1.807) is 6.07 Å². The van der Waals surface area contributed by atoms with Gasteiger partial charge in [-0.25, -0.2) is 5.01 Å². The van der Waals surface area contributed by atoms with Gasteiger partial charge >= 0.3 is 0 Å². The fourth-order valence-electron chi connectivity index (χ4n) is 5.57. The first-order valence-electron chi connectivity index (χ1n) is 11.3. The zero-order valence-corrected chi connectivity index (χ0v) is 19.2. The molecule has 162 valence electrons. The summed E-state index contributed by atoms with van der Waals surface area (Å²) in [5.74, 6) is 1.56. The first-order valence-corrected chi connectivity index (χ1v) is 12.0. The number of hydrogen-bond donors (Lipinski definition) is 0. The molecule has 3 aromatic rings. The molecule has 1 aliphatic carbocycles. The minimum Gasteiger partial charge on any atom is -0.466 e. The second-order valence-corrected chi connectivity index (χ2v) is 9.85. The third-order valence-corrected chi connectivity index (χ3v) is 7.73. The predicted molar refractivity (Wildman–Crippen MR) is 130 cm³/mol. The van der Waals surface area contributed by atoms with Crippen molar-refractivity contribution in [1.29, 1.82) is 0 Å². The van der Waals surface area contributed by atoms with Crippen LogP contribution >= 0.6 is 23.2 Å². The monoisotopic (exact) mass is 462 g/mol. The highest BCUT2D eigenvalue weighted by atomic mass is 35.5. The molecule has 0 unspecified atom stereocenters. The standard InChI is InChI=1S/C27H24Cl2N2O/c28-20-10-11-21(23(29)16-20)24-17-25-22-8-4-5-9-26(22)32-27(31(25)30-24)14-12-19(13-15-27)18-6-2-1-3-7-18/h1-11,16,19,25H,12-15,17H2/t19?,25-,27?/m1/s1. The Morgan fingerprint density at radius 3 is 2.44 bits per heavy atom. The Hall–Kier alpha value is -2.49. The van der Waals surface area contributed by atoms with Gasteiger partial charge in [0.2, 0.25) is 0 Å². The van der Waals surface area contributed by atoms with Crippen molar-refractivity contribution < 1.29 is 4.74 Å². The fraction of sp³-hybridized carbons (Fsp3) is 0.296. The average Bonchev–Trinajstić information content (AvgIpc) is 3.27. The summed E-state index contributed by atoms with van der Waals surface area (Å²) in [5, 5.41) is 8.67. The lowest BCUT2D eigenvalue weighted by Gasteiger charge is -2.50. The summed E-state index contributed by atoms with van der Waals surface area (Å²) in [4.78, 5) is 0. The maximum Gasteiger partial charge on any atom is 0.198 e. The third kappa shape index (κ3) is 3.30. The van der Waals surface area contributed by atoms with Crippen molar-refractivity contribution in [2.24, 2.45) is 5.10 Å². The molecule has 1 atom stereocenters. The lowest BCUT2D eigenvalue weighted by atomic mass is 9.78. The van der Waals surface area contributed by atoms with E-state index in [9.17, 15) is 0 Å². The molecule has 2 heterocycles. The van der Waals surface area contributed by atoms with Crippen LogP contribution < -0.4 is 4.74 Å². The van der Waals surface area contributed by atoms with Crippen molar-refractivity contribution in [1.82, 2.24) is 5.01 Å². The largest absolute Gasteiger partial charge is 0.466 e. The maximum atomic E-state index is 6.76. The van der Waals surface area contributed by atoms with Gasteiger partial charge in [-0.3, -0.25) is 0 Å². The van der Waals surface area contributed by atoms with Gasteiger partial charge in [0, 0.05) is 35.4 Å². The molecule has 5 heteroatoms. The Morgan fingerprint density at radius 2 is 1.66 bits per heavy atom. The highest BCUT2D eigenvalue weighted by molar-refractivity contribution is 6.37. The zero-order chi connectivity index (χ0) is 21.7. The van der Waals surface area contributed by atoms with Gasteiger partial charge in [0.15, 0.2) is 5.72 Å². The number of benzene rings is 3. The Balaban J connectivity index is 1.36. The molecule has 1 saturated carbocycles. The fourth-order valence-corrected chi connectivity index (χ4v) is 6.09. The molecule has 0 amide bonds. The van der Waals surface area contributed by atoms with Gasteiger partial charge in [-0.1, -0.05) is 77.8 Å². The van der Waals surface area contributed by atoms with Crippen LogP contribution in [0.5, 0.6) is 5.75 Å². The van der Waals surface area contributed by atoms with Crippen molar-refractivity contribution in [3.63, 3.8) is 0 Å². The van der Waals surface area contributed by atoms with Crippen LogP contribution in [-0.2, 0) is 0 Å². The minimum atomic E-state index is -0.412. The van der Waals surface area contributed by atoms with E-state index in [2.05, 4.69) is 59.6 Å². The van der Waals surface area contributed by atoms with E-state index in [1.165, 1.54) is 11.1 Å². The lowest BCUT2D eigenvalue weighted by molar-refractivity contribution is -0.142. The van der Waals surface area contributed by atoms with Crippen molar-refractivity contribution >= 4 is 28.9 Å². The van der Waals surface area contributed by atoms with Crippen LogP contribution in [-0.4, -0.2) is 16.4 Å². The quantitative estimate of drug-likeness (QED) is 0.391. The van der Waals surface area contributed by atoms with Crippen molar-refractivity contribution in [2.75, 3.05) is 0 Å². The molecule has 3 nitrogen and oxygen atoms in total. The number of para-hydroxylation sites is 1. The second-order valence-electron chi connectivity index (χ2n) is 9.01. The van der Waals surface area contributed by atoms with E-state index < -0.39 is 5.72 Å². The topological polar surface area (TPSA) is 24.8 Å². The molecule has 3 aliphatic rings. The van der Waals surface area contributed by atoms with Gasteiger partial charge < -0.3 is 4.74 Å². The molecule has 1 fully saturated rings. The van der Waals surface area contributed by atoms with E-state index >= 15 is 0 Å². The van der Waals surface area contributed by atoms with Gasteiger partial charge in [0.1, 0.15) is 5.75 Å².